The standard InChI is InChI=1S/C17H22N4O2S2/c1-3-4-8-18-17(23)21-13(22)9-24-15-14-11-6-5-7-12(11)25-16(14)20-10(2)19-15/h3-9H2,1-2H3,(H2,18,21,22,23). The minimum Gasteiger partial charge on any atom is -0.338 e. The van der Waals surface area contributed by atoms with Crippen molar-refractivity contribution in [1.82, 2.24) is 20.6 Å². The van der Waals surface area contributed by atoms with Crippen molar-refractivity contribution in [2.45, 2.75) is 51.0 Å². The molecule has 3 rings (SSSR count). The highest BCUT2D eigenvalue weighted by Crippen LogP contribution is 2.40. The average molecular weight is 379 g/mol. The third kappa shape index (κ3) is 4.30. The molecule has 8 heteroatoms. The molecule has 25 heavy (non-hydrogen) atoms. The molecule has 1 aliphatic carbocycles. The lowest BCUT2D eigenvalue weighted by Gasteiger charge is -2.07. The van der Waals surface area contributed by atoms with Crippen LogP contribution in [0.4, 0.5) is 4.79 Å². The number of fused-ring (bicyclic) bond motifs is 3. The number of thioether (sulfide) groups is 1. The number of thiophene rings is 1. The van der Waals surface area contributed by atoms with Gasteiger partial charge in [-0.15, -0.1) is 11.3 Å². The van der Waals surface area contributed by atoms with E-state index in [0.29, 0.717) is 12.4 Å². The minimum atomic E-state index is -0.431. The number of unbranched alkanes of at least 4 members (excludes halogenated alkanes) is 1. The number of hydrogen-bond acceptors (Lipinski definition) is 6. The van der Waals surface area contributed by atoms with Crippen LogP contribution in [-0.2, 0) is 17.6 Å². The van der Waals surface area contributed by atoms with Gasteiger partial charge in [-0.25, -0.2) is 14.8 Å². The fourth-order valence-corrected chi connectivity index (χ4v) is 5.16. The number of aromatic nitrogens is 2. The third-order valence-corrected chi connectivity index (χ3v) is 6.21. The maximum absolute atomic E-state index is 12.0. The molecule has 0 spiro atoms. The van der Waals surface area contributed by atoms with Gasteiger partial charge in [0.25, 0.3) is 0 Å². The predicted molar refractivity (Wildman–Crippen MR) is 101 cm³/mol. The van der Waals surface area contributed by atoms with Crippen LogP contribution in [0.5, 0.6) is 0 Å². The lowest BCUT2D eigenvalue weighted by molar-refractivity contribution is -0.117. The van der Waals surface area contributed by atoms with Crippen molar-refractivity contribution in [3.8, 4) is 0 Å². The van der Waals surface area contributed by atoms with Gasteiger partial charge in [-0.1, -0.05) is 25.1 Å². The second kappa shape index (κ2) is 8.14. The second-order valence-electron chi connectivity index (χ2n) is 6.06. The molecule has 0 bridgehead atoms. The molecule has 3 amide bonds. The van der Waals surface area contributed by atoms with Crippen LogP contribution in [0.15, 0.2) is 5.03 Å². The number of nitrogens with zero attached hydrogens (tertiary/aromatic N) is 2. The van der Waals surface area contributed by atoms with E-state index >= 15 is 0 Å². The smallest absolute Gasteiger partial charge is 0.321 e. The molecule has 0 atom stereocenters. The number of amides is 3. The van der Waals surface area contributed by atoms with Crippen LogP contribution < -0.4 is 10.6 Å². The number of hydrogen-bond donors (Lipinski definition) is 2. The fourth-order valence-electron chi connectivity index (χ4n) is 2.89. The number of aryl methyl sites for hydroxylation is 3. The summed E-state index contributed by atoms with van der Waals surface area (Å²) in [5, 5.41) is 7.00. The first-order chi connectivity index (χ1) is 12.1. The summed E-state index contributed by atoms with van der Waals surface area (Å²) < 4.78 is 0. The summed E-state index contributed by atoms with van der Waals surface area (Å²) in [6, 6.07) is -0.431. The van der Waals surface area contributed by atoms with Crippen molar-refractivity contribution in [3.63, 3.8) is 0 Å². The summed E-state index contributed by atoms with van der Waals surface area (Å²) in [5.41, 5.74) is 1.35. The fraction of sp³-hybridized carbons (Fsp3) is 0.529. The van der Waals surface area contributed by atoms with Gasteiger partial charge in [-0.05, 0) is 38.2 Å². The lowest BCUT2D eigenvalue weighted by Crippen LogP contribution is -2.40. The highest BCUT2D eigenvalue weighted by Gasteiger charge is 2.22. The topological polar surface area (TPSA) is 84.0 Å². The van der Waals surface area contributed by atoms with E-state index in [0.717, 1.165) is 40.9 Å². The van der Waals surface area contributed by atoms with E-state index < -0.39 is 6.03 Å². The van der Waals surface area contributed by atoms with Gasteiger partial charge in [-0.2, -0.15) is 0 Å². The quantitative estimate of drug-likeness (QED) is 0.458. The van der Waals surface area contributed by atoms with Gasteiger partial charge in [0.2, 0.25) is 5.91 Å². The second-order valence-corrected chi connectivity index (χ2v) is 8.11. The summed E-state index contributed by atoms with van der Waals surface area (Å²) in [5.74, 6) is 0.570. The van der Waals surface area contributed by atoms with Gasteiger partial charge in [-0.3, -0.25) is 10.1 Å². The molecule has 2 aromatic rings. The molecule has 0 radical (unpaired) electrons. The zero-order chi connectivity index (χ0) is 17.8. The number of imide groups is 1. The van der Waals surface area contributed by atoms with Crippen LogP contribution in [-0.4, -0.2) is 34.2 Å². The number of nitrogens with one attached hydrogen (secondary N) is 2. The first-order valence-electron chi connectivity index (χ1n) is 8.58. The maximum Gasteiger partial charge on any atom is 0.321 e. The van der Waals surface area contributed by atoms with E-state index in [1.54, 1.807) is 11.3 Å². The van der Waals surface area contributed by atoms with E-state index in [1.807, 2.05) is 13.8 Å². The molecular weight excluding hydrogens is 356 g/mol. The van der Waals surface area contributed by atoms with Crippen LogP contribution >= 0.6 is 23.1 Å². The molecule has 2 heterocycles. The number of rotatable bonds is 6. The van der Waals surface area contributed by atoms with E-state index in [2.05, 4.69) is 20.6 Å². The minimum absolute atomic E-state index is 0.164. The van der Waals surface area contributed by atoms with Gasteiger partial charge in [0.15, 0.2) is 0 Å². The molecule has 0 aromatic carbocycles. The summed E-state index contributed by atoms with van der Waals surface area (Å²) >= 11 is 3.12. The van der Waals surface area contributed by atoms with Crippen molar-refractivity contribution < 1.29 is 9.59 Å². The molecule has 0 saturated carbocycles. The van der Waals surface area contributed by atoms with Gasteiger partial charge >= 0.3 is 6.03 Å². The van der Waals surface area contributed by atoms with Crippen molar-refractivity contribution in [2.24, 2.45) is 0 Å². The molecule has 0 fully saturated rings. The van der Waals surface area contributed by atoms with Crippen LogP contribution in [0, 0.1) is 6.92 Å². The van der Waals surface area contributed by atoms with Crippen molar-refractivity contribution in [3.05, 3.63) is 16.3 Å². The van der Waals surface area contributed by atoms with Crippen LogP contribution in [0.25, 0.3) is 10.2 Å². The van der Waals surface area contributed by atoms with Crippen LogP contribution in [0.2, 0.25) is 0 Å². The molecule has 0 saturated heterocycles. The van der Waals surface area contributed by atoms with Crippen molar-refractivity contribution in [1.29, 1.82) is 0 Å². The van der Waals surface area contributed by atoms with Crippen molar-refractivity contribution in [2.75, 3.05) is 12.3 Å². The van der Waals surface area contributed by atoms with Gasteiger partial charge in [0.1, 0.15) is 15.7 Å². The van der Waals surface area contributed by atoms with Crippen LogP contribution in [0.1, 0.15) is 42.5 Å². The molecule has 6 nitrogen and oxygen atoms in total. The van der Waals surface area contributed by atoms with Crippen LogP contribution in [0.3, 0.4) is 0 Å². The molecule has 2 aromatic heterocycles. The summed E-state index contributed by atoms with van der Waals surface area (Å²) in [6.07, 6.45) is 5.24. The highest BCUT2D eigenvalue weighted by atomic mass is 32.2. The van der Waals surface area contributed by atoms with Gasteiger partial charge < -0.3 is 5.32 Å². The zero-order valence-electron chi connectivity index (χ0n) is 14.5. The van der Waals surface area contributed by atoms with Gasteiger partial charge in [0, 0.05) is 16.8 Å². The first-order valence-corrected chi connectivity index (χ1v) is 10.4. The Bertz CT molecular complexity index is 804. The molecule has 134 valence electrons. The monoisotopic (exact) mass is 378 g/mol. The maximum atomic E-state index is 12.0. The average Bonchev–Trinajstić information content (AvgIpc) is 3.13. The Morgan fingerprint density at radius 2 is 2.12 bits per heavy atom. The van der Waals surface area contributed by atoms with E-state index in [4.69, 9.17) is 0 Å². The summed E-state index contributed by atoms with van der Waals surface area (Å²) in [6.45, 7) is 4.50. The number of carbonyl (C=O) groups excluding carboxylic acids is 2. The Kier molecular flexibility index (Phi) is 5.90. The Morgan fingerprint density at radius 1 is 1.28 bits per heavy atom. The van der Waals surface area contributed by atoms with E-state index in [1.165, 1.54) is 28.6 Å². The third-order valence-electron chi connectivity index (χ3n) is 4.05. The number of urea groups is 1. The molecule has 1 aliphatic rings. The first kappa shape index (κ1) is 18.1. The SMILES string of the molecule is CCCCNC(=O)NC(=O)CSc1nc(C)nc2sc3c(c12)CCC3. The Labute approximate surface area is 155 Å². The Morgan fingerprint density at radius 3 is 2.92 bits per heavy atom. The Hall–Kier alpha value is -1.67. The normalized spacial score (nSPS) is 13.0. The van der Waals surface area contributed by atoms with Gasteiger partial charge in [0.05, 0.1) is 5.75 Å². The van der Waals surface area contributed by atoms with E-state index in [9.17, 15) is 9.59 Å². The summed E-state index contributed by atoms with van der Waals surface area (Å²) in [7, 11) is 0. The van der Waals surface area contributed by atoms with Crippen molar-refractivity contribution >= 4 is 45.3 Å². The lowest BCUT2D eigenvalue weighted by atomic mass is 10.2. The molecule has 0 aliphatic heterocycles. The zero-order valence-corrected chi connectivity index (χ0v) is 16.1. The molecule has 2 N–H and O–H groups in total. The largest absolute Gasteiger partial charge is 0.338 e. The van der Waals surface area contributed by atoms with E-state index in [-0.39, 0.29) is 11.7 Å². The molecule has 0 unspecified atom stereocenters. The highest BCUT2D eigenvalue weighted by molar-refractivity contribution is 8.00. The summed E-state index contributed by atoms with van der Waals surface area (Å²) in [4.78, 5) is 35.2. The number of carbonyl (C=O) groups is 2. The predicted octanol–water partition coefficient (Wildman–Crippen LogP) is 3.21. The molecular formula is C17H22N4O2S2. The Balaban J connectivity index is 1.65.